The second-order valence-electron chi connectivity index (χ2n) is 4.21. The average Bonchev–Trinajstić information content (AvgIpc) is 2.79. The first kappa shape index (κ1) is 14.6. The van der Waals surface area contributed by atoms with Gasteiger partial charge in [-0.2, -0.15) is 13.2 Å². The third kappa shape index (κ3) is 3.22. The van der Waals surface area contributed by atoms with E-state index in [1.165, 1.54) is 6.07 Å². The van der Waals surface area contributed by atoms with Crippen LogP contribution >= 0.6 is 11.6 Å². The number of nitrogens with zero attached hydrogens (tertiary/aromatic N) is 2. The standard InChI is InChI=1S/C12H11ClF3N3O/c1-6-3-4-8(12(14,15)16)5-9(6)17-11-19-18-10(20-11)7(2)13/h3-5,7H,1-2H3,(H,17,19). The average molecular weight is 306 g/mol. The molecule has 108 valence electrons. The summed E-state index contributed by atoms with van der Waals surface area (Å²) in [5, 5.41) is 9.54. The zero-order chi connectivity index (χ0) is 14.9. The van der Waals surface area contributed by atoms with Gasteiger partial charge in [0.1, 0.15) is 5.38 Å². The molecule has 0 aliphatic rings. The molecule has 1 aromatic carbocycles. The van der Waals surface area contributed by atoms with Crippen molar-refractivity contribution in [3.63, 3.8) is 0 Å². The van der Waals surface area contributed by atoms with Crippen LogP contribution in [0.5, 0.6) is 0 Å². The van der Waals surface area contributed by atoms with Crippen molar-refractivity contribution in [2.24, 2.45) is 0 Å². The van der Waals surface area contributed by atoms with Gasteiger partial charge in [0.2, 0.25) is 5.89 Å². The molecule has 0 spiro atoms. The predicted molar refractivity (Wildman–Crippen MR) is 68.0 cm³/mol. The van der Waals surface area contributed by atoms with Gasteiger partial charge in [-0.15, -0.1) is 16.7 Å². The van der Waals surface area contributed by atoms with Gasteiger partial charge in [-0.1, -0.05) is 11.2 Å². The van der Waals surface area contributed by atoms with Crippen molar-refractivity contribution in [3.05, 3.63) is 35.2 Å². The predicted octanol–water partition coefficient (Wildman–Crippen LogP) is 4.44. The lowest BCUT2D eigenvalue weighted by Crippen LogP contribution is -2.06. The first-order chi connectivity index (χ1) is 9.27. The van der Waals surface area contributed by atoms with Gasteiger partial charge < -0.3 is 9.73 Å². The van der Waals surface area contributed by atoms with Crippen LogP contribution in [0.3, 0.4) is 0 Å². The normalized spacial score (nSPS) is 13.3. The lowest BCUT2D eigenvalue weighted by Gasteiger charge is -2.11. The summed E-state index contributed by atoms with van der Waals surface area (Å²) in [5.74, 6) is 0.193. The van der Waals surface area contributed by atoms with Crippen LogP contribution in [-0.2, 0) is 6.18 Å². The van der Waals surface area contributed by atoms with Crippen molar-refractivity contribution in [1.29, 1.82) is 0 Å². The number of aryl methyl sites for hydroxylation is 1. The van der Waals surface area contributed by atoms with Crippen molar-refractivity contribution in [2.75, 3.05) is 5.32 Å². The van der Waals surface area contributed by atoms with Gasteiger partial charge in [-0.25, -0.2) is 0 Å². The Hall–Kier alpha value is -1.76. The van der Waals surface area contributed by atoms with E-state index in [9.17, 15) is 13.2 Å². The summed E-state index contributed by atoms with van der Waals surface area (Å²) in [6, 6.07) is 3.37. The highest BCUT2D eigenvalue weighted by atomic mass is 35.5. The fourth-order valence-electron chi connectivity index (χ4n) is 1.49. The number of nitrogens with one attached hydrogen (secondary N) is 1. The molecule has 2 aromatic rings. The number of benzene rings is 1. The molecule has 8 heteroatoms. The van der Waals surface area contributed by atoms with E-state index < -0.39 is 17.1 Å². The van der Waals surface area contributed by atoms with E-state index in [0.29, 0.717) is 5.56 Å². The quantitative estimate of drug-likeness (QED) is 0.852. The lowest BCUT2D eigenvalue weighted by atomic mass is 10.1. The molecule has 1 aromatic heterocycles. The van der Waals surface area contributed by atoms with Gasteiger partial charge >= 0.3 is 12.2 Å². The fourth-order valence-corrected chi connectivity index (χ4v) is 1.58. The van der Waals surface area contributed by atoms with E-state index >= 15 is 0 Å². The molecule has 20 heavy (non-hydrogen) atoms. The Bertz CT molecular complexity index is 610. The Kier molecular flexibility index (Phi) is 3.89. The molecule has 0 aliphatic heterocycles. The SMILES string of the molecule is Cc1ccc(C(F)(F)F)cc1Nc1nnc(C(C)Cl)o1. The maximum absolute atomic E-state index is 12.7. The van der Waals surface area contributed by atoms with E-state index in [2.05, 4.69) is 15.5 Å². The zero-order valence-electron chi connectivity index (χ0n) is 10.6. The molecule has 0 saturated heterocycles. The van der Waals surface area contributed by atoms with Gasteiger partial charge in [-0.05, 0) is 31.5 Å². The first-order valence-corrected chi connectivity index (χ1v) is 6.13. The maximum atomic E-state index is 12.7. The highest BCUT2D eigenvalue weighted by Crippen LogP contribution is 2.33. The van der Waals surface area contributed by atoms with Crippen LogP contribution in [0.2, 0.25) is 0 Å². The van der Waals surface area contributed by atoms with Gasteiger partial charge in [-0.3, -0.25) is 0 Å². The van der Waals surface area contributed by atoms with E-state index in [1.54, 1.807) is 13.8 Å². The number of rotatable bonds is 3. The summed E-state index contributed by atoms with van der Waals surface area (Å²) in [6.45, 7) is 3.32. The summed E-state index contributed by atoms with van der Waals surface area (Å²) < 4.78 is 43.1. The second-order valence-corrected chi connectivity index (χ2v) is 4.87. The molecule has 2 rings (SSSR count). The molecule has 0 radical (unpaired) electrons. The molecule has 0 bridgehead atoms. The maximum Gasteiger partial charge on any atom is 0.416 e. The zero-order valence-corrected chi connectivity index (χ0v) is 11.4. The minimum Gasteiger partial charge on any atom is -0.406 e. The van der Waals surface area contributed by atoms with Crippen molar-refractivity contribution < 1.29 is 17.6 Å². The number of alkyl halides is 4. The minimum atomic E-state index is -4.41. The fraction of sp³-hybridized carbons (Fsp3) is 0.333. The molecular weight excluding hydrogens is 295 g/mol. The molecule has 1 N–H and O–H groups in total. The molecule has 4 nitrogen and oxygen atoms in total. The van der Waals surface area contributed by atoms with Crippen molar-refractivity contribution in [3.8, 4) is 0 Å². The van der Waals surface area contributed by atoms with Crippen LogP contribution in [0.1, 0.15) is 29.3 Å². The Morgan fingerprint density at radius 1 is 1.30 bits per heavy atom. The Morgan fingerprint density at radius 2 is 2.00 bits per heavy atom. The van der Waals surface area contributed by atoms with Crippen molar-refractivity contribution in [2.45, 2.75) is 25.4 Å². The molecule has 0 saturated carbocycles. The molecule has 0 fully saturated rings. The number of anilines is 2. The third-order valence-electron chi connectivity index (χ3n) is 2.59. The van der Waals surface area contributed by atoms with Crippen LogP contribution < -0.4 is 5.32 Å². The van der Waals surface area contributed by atoms with E-state index in [0.717, 1.165) is 12.1 Å². The van der Waals surface area contributed by atoms with Crippen molar-refractivity contribution >= 4 is 23.3 Å². The number of halogens is 4. The summed E-state index contributed by atoms with van der Waals surface area (Å²) in [5.41, 5.74) is 0.116. The van der Waals surface area contributed by atoms with Gasteiger partial charge in [0.25, 0.3) is 0 Å². The van der Waals surface area contributed by atoms with E-state index in [4.69, 9.17) is 16.0 Å². The van der Waals surface area contributed by atoms with Gasteiger partial charge in [0.05, 0.1) is 5.56 Å². The second kappa shape index (κ2) is 5.32. The summed E-state index contributed by atoms with van der Waals surface area (Å²) >= 11 is 5.76. The highest BCUT2D eigenvalue weighted by molar-refractivity contribution is 6.20. The largest absolute Gasteiger partial charge is 0.416 e. The van der Waals surface area contributed by atoms with Crippen molar-refractivity contribution in [1.82, 2.24) is 10.2 Å². The topological polar surface area (TPSA) is 51.0 Å². The van der Waals surface area contributed by atoms with E-state index in [-0.39, 0.29) is 17.6 Å². The summed E-state index contributed by atoms with van der Waals surface area (Å²) in [4.78, 5) is 0. The Labute approximate surface area is 118 Å². The molecule has 0 amide bonds. The van der Waals surface area contributed by atoms with Gasteiger partial charge in [0.15, 0.2) is 0 Å². The van der Waals surface area contributed by atoms with E-state index in [1.807, 2.05) is 0 Å². The Morgan fingerprint density at radius 3 is 2.55 bits per heavy atom. The van der Waals surface area contributed by atoms with Crippen LogP contribution in [0.25, 0.3) is 0 Å². The molecule has 1 heterocycles. The van der Waals surface area contributed by atoms with Gasteiger partial charge in [0, 0.05) is 5.69 Å². The molecular formula is C12H11ClF3N3O. The monoisotopic (exact) mass is 305 g/mol. The van der Waals surface area contributed by atoms with Crippen LogP contribution in [-0.4, -0.2) is 10.2 Å². The van der Waals surface area contributed by atoms with Crippen LogP contribution in [0.4, 0.5) is 24.9 Å². The third-order valence-corrected chi connectivity index (χ3v) is 2.77. The smallest absolute Gasteiger partial charge is 0.406 e. The molecule has 0 aliphatic carbocycles. The van der Waals surface area contributed by atoms with Crippen LogP contribution in [0, 0.1) is 6.92 Å². The number of hydrogen-bond donors (Lipinski definition) is 1. The summed E-state index contributed by atoms with van der Waals surface area (Å²) in [6.07, 6.45) is -4.41. The highest BCUT2D eigenvalue weighted by Gasteiger charge is 2.30. The molecule has 1 atom stereocenters. The molecule has 1 unspecified atom stereocenters. The summed E-state index contributed by atoms with van der Waals surface area (Å²) in [7, 11) is 0. The minimum absolute atomic E-state index is 0.00470. The lowest BCUT2D eigenvalue weighted by molar-refractivity contribution is -0.137. The number of hydrogen-bond acceptors (Lipinski definition) is 4. The first-order valence-electron chi connectivity index (χ1n) is 5.69. The number of aromatic nitrogens is 2. The van der Waals surface area contributed by atoms with Crippen LogP contribution in [0.15, 0.2) is 22.6 Å². The Balaban J connectivity index is 2.28.